The Bertz CT molecular complexity index is 269. The third-order valence-corrected chi connectivity index (χ3v) is 3.11. The lowest BCUT2D eigenvalue weighted by molar-refractivity contribution is -0.132. The van der Waals surface area contributed by atoms with Crippen molar-refractivity contribution < 1.29 is 4.79 Å². The number of rotatable bonds is 1. The van der Waals surface area contributed by atoms with Crippen molar-refractivity contribution in [2.75, 3.05) is 6.54 Å². The first-order valence-corrected chi connectivity index (χ1v) is 4.94. The Morgan fingerprint density at radius 1 is 1.62 bits per heavy atom. The van der Waals surface area contributed by atoms with E-state index in [9.17, 15) is 4.79 Å². The van der Waals surface area contributed by atoms with Crippen molar-refractivity contribution in [3.8, 4) is 6.07 Å². The van der Waals surface area contributed by atoms with Crippen molar-refractivity contribution in [1.29, 1.82) is 5.26 Å². The Labute approximate surface area is 78.3 Å². The number of carbonyl (C=O) groups is 1. The minimum Gasteiger partial charge on any atom is -0.326 e. The molecular weight excluding hydrogens is 164 g/mol. The lowest BCUT2D eigenvalue weighted by atomic mass is 10.2. The maximum Gasteiger partial charge on any atom is 0.227 e. The fourth-order valence-corrected chi connectivity index (χ4v) is 2.04. The van der Waals surface area contributed by atoms with Crippen molar-refractivity contribution in [2.45, 2.75) is 32.2 Å². The summed E-state index contributed by atoms with van der Waals surface area (Å²) in [5.41, 5.74) is 0. The monoisotopic (exact) mass is 178 g/mol. The molecule has 1 aliphatic heterocycles. The van der Waals surface area contributed by atoms with Crippen LogP contribution in [0.1, 0.15) is 26.2 Å². The van der Waals surface area contributed by atoms with E-state index in [-0.39, 0.29) is 17.9 Å². The highest BCUT2D eigenvalue weighted by atomic mass is 16.2. The number of hydrogen-bond donors (Lipinski definition) is 0. The Balaban J connectivity index is 2.00. The van der Waals surface area contributed by atoms with Crippen LogP contribution in [0.3, 0.4) is 0 Å². The largest absolute Gasteiger partial charge is 0.326 e. The van der Waals surface area contributed by atoms with E-state index in [0.717, 1.165) is 25.8 Å². The molecule has 3 nitrogen and oxygen atoms in total. The number of nitrogens with zero attached hydrogens (tertiary/aromatic N) is 2. The number of carbonyl (C=O) groups excluding carboxylic acids is 1. The summed E-state index contributed by atoms with van der Waals surface area (Å²) in [6.45, 7) is 2.89. The van der Waals surface area contributed by atoms with Crippen LogP contribution in [-0.4, -0.2) is 23.4 Å². The summed E-state index contributed by atoms with van der Waals surface area (Å²) in [6, 6.07) is 2.06. The van der Waals surface area contributed by atoms with Crippen LogP contribution in [0.25, 0.3) is 0 Å². The maximum atomic E-state index is 11.8. The Morgan fingerprint density at radius 3 is 2.85 bits per heavy atom. The van der Waals surface area contributed by atoms with Gasteiger partial charge in [0.15, 0.2) is 0 Å². The van der Waals surface area contributed by atoms with E-state index in [4.69, 9.17) is 5.26 Å². The molecule has 3 heteroatoms. The van der Waals surface area contributed by atoms with E-state index in [1.807, 2.05) is 0 Å². The van der Waals surface area contributed by atoms with Gasteiger partial charge in [0.25, 0.3) is 0 Å². The Hall–Kier alpha value is -1.04. The van der Waals surface area contributed by atoms with Crippen LogP contribution >= 0.6 is 0 Å². The molecule has 3 unspecified atom stereocenters. The summed E-state index contributed by atoms with van der Waals surface area (Å²) >= 11 is 0. The SMILES string of the molecule is CC1CC1C(=O)N1CCCC1C#N. The lowest BCUT2D eigenvalue weighted by Gasteiger charge is -2.19. The summed E-state index contributed by atoms with van der Waals surface area (Å²) in [6.07, 6.45) is 2.88. The highest BCUT2D eigenvalue weighted by molar-refractivity contribution is 5.82. The van der Waals surface area contributed by atoms with E-state index >= 15 is 0 Å². The Kier molecular flexibility index (Phi) is 1.99. The Morgan fingerprint density at radius 2 is 2.31 bits per heavy atom. The van der Waals surface area contributed by atoms with Gasteiger partial charge in [0.2, 0.25) is 5.91 Å². The average molecular weight is 178 g/mol. The van der Waals surface area contributed by atoms with E-state index in [1.165, 1.54) is 0 Å². The molecule has 3 atom stereocenters. The van der Waals surface area contributed by atoms with Crippen LogP contribution in [0.2, 0.25) is 0 Å². The van der Waals surface area contributed by atoms with Gasteiger partial charge in [-0.15, -0.1) is 0 Å². The minimum absolute atomic E-state index is 0.139. The van der Waals surface area contributed by atoms with Gasteiger partial charge in [0.05, 0.1) is 6.07 Å². The molecule has 2 aliphatic rings. The van der Waals surface area contributed by atoms with E-state index < -0.39 is 0 Å². The smallest absolute Gasteiger partial charge is 0.227 e. The van der Waals surface area contributed by atoms with Gasteiger partial charge < -0.3 is 4.90 Å². The number of likely N-dealkylation sites (tertiary alicyclic amines) is 1. The summed E-state index contributed by atoms with van der Waals surface area (Å²) in [5.74, 6) is 0.998. The molecule has 0 bridgehead atoms. The molecule has 2 fully saturated rings. The zero-order valence-electron chi connectivity index (χ0n) is 7.86. The van der Waals surface area contributed by atoms with Gasteiger partial charge in [-0.2, -0.15) is 5.26 Å². The summed E-state index contributed by atoms with van der Waals surface area (Å²) in [4.78, 5) is 13.5. The minimum atomic E-state index is -0.139. The fourth-order valence-electron chi connectivity index (χ4n) is 2.04. The number of amides is 1. The highest BCUT2D eigenvalue weighted by Crippen LogP contribution is 2.40. The van der Waals surface area contributed by atoms with Crippen LogP contribution in [0.4, 0.5) is 0 Å². The van der Waals surface area contributed by atoms with Crippen LogP contribution in [0.15, 0.2) is 0 Å². The molecule has 1 saturated carbocycles. The van der Waals surface area contributed by atoms with Crippen LogP contribution in [0.5, 0.6) is 0 Å². The molecule has 0 N–H and O–H groups in total. The van der Waals surface area contributed by atoms with Crippen molar-refractivity contribution in [2.24, 2.45) is 11.8 Å². The second-order valence-electron chi connectivity index (χ2n) is 4.14. The molecule has 1 saturated heterocycles. The van der Waals surface area contributed by atoms with Gasteiger partial charge >= 0.3 is 0 Å². The molecule has 2 rings (SSSR count). The summed E-state index contributed by atoms with van der Waals surface area (Å²) < 4.78 is 0. The van der Waals surface area contributed by atoms with Crippen molar-refractivity contribution in [3.63, 3.8) is 0 Å². The lowest BCUT2D eigenvalue weighted by Crippen LogP contribution is -2.35. The van der Waals surface area contributed by atoms with Crippen molar-refractivity contribution in [1.82, 2.24) is 4.90 Å². The van der Waals surface area contributed by atoms with Crippen molar-refractivity contribution >= 4 is 5.91 Å². The highest BCUT2D eigenvalue weighted by Gasteiger charge is 2.44. The molecule has 0 aromatic rings. The molecule has 0 aromatic carbocycles. The molecule has 0 aromatic heterocycles. The molecule has 1 amide bonds. The molecule has 13 heavy (non-hydrogen) atoms. The molecule has 1 aliphatic carbocycles. The van der Waals surface area contributed by atoms with Gasteiger partial charge in [-0.3, -0.25) is 4.79 Å². The predicted molar refractivity (Wildman–Crippen MR) is 47.6 cm³/mol. The molecule has 0 spiro atoms. The molecule has 70 valence electrons. The average Bonchev–Trinajstić information content (AvgIpc) is 2.70. The molecule has 0 radical (unpaired) electrons. The molecular formula is C10H14N2O. The standard InChI is InChI=1S/C10H14N2O/c1-7-5-9(7)10(13)12-4-2-3-8(12)6-11/h7-9H,2-5H2,1H3. The normalized spacial score (nSPS) is 37.2. The second kappa shape index (κ2) is 3.02. The third kappa shape index (κ3) is 1.41. The van der Waals surface area contributed by atoms with E-state index in [0.29, 0.717) is 5.92 Å². The summed E-state index contributed by atoms with van der Waals surface area (Å²) in [5, 5.41) is 8.81. The second-order valence-corrected chi connectivity index (χ2v) is 4.14. The topological polar surface area (TPSA) is 44.1 Å². The van der Waals surface area contributed by atoms with Gasteiger partial charge in [-0.05, 0) is 25.2 Å². The number of nitriles is 1. The third-order valence-electron chi connectivity index (χ3n) is 3.11. The van der Waals surface area contributed by atoms with Crippen LogP contribution < -0.4 is 0 Å². The zero-order chi connectivity index (χ0) is 9.42. The maximum absolute atomic E-state index is 11.8. The first-order chi connectivity index (χ1) is 6.24. The van der Waals surface area contributed by atoms with Gasteiger partial charge in [0, 0.05) is 12.5 Å². The first kappa shape index (κ1) is 8.55. The molecule has 1 heterocycles. The fraction of sp³-hybridized carbons (Fsp3) is 0.800. The van der Waals surface area contributed by atoms with E-state index in [1.54, 1.807) is 4.90 Å². The summed E-state index contributed by atoms with van der Waals surface area (Å²) in [7, 11) is 0. The van der Waals surface area contributed by atoms with Crippen molar-refractivity contribution in [3.05, 3.63) is 0 Å². The van der Waals surface area contributed by atoms with Gasteiger partial charge in [-0.25, -0.2) is 0 Å². The van der Waals surface area contributed by atoms with Crippen LogP contribution in [0, 0.1) is 23.2 Å². The van der Waals surface area contributed by atoms with Gasteiger partial charge in [-0.1, -0.05) is 6.92 Å². The van der Waals surface area contributed by atoms with Gasteiger partial charge in [0.1, 0.15) is 6.04 Å². The van der Waals surface area contributed by atoms with Crippen LogP contribution in [-0.2, 0) is 4.79 Å². The van der Waals surface area contributed by atoms with E-state index in [2.05, 4.69) is 13.0 Å². The predicted octanol–water partition coefficient (Wildman–Crippen LogP) is 1.16. The number of hydrogen-bond acceptors (Lipinski definition) is 2. The quantitative estimate of drug-likeness (QED) is 0.604. The zero-order valence-corrected chi connectivity index (χ0v) is 7.86. The first-order valence-electron chi connectivity index (χ1n) is 4.94.